The molecule has 1 heterocycles. The number of ether oxygens (including phenoxy) is 1. The highest BCUT2D eigenvalue weighted by Crippen LogP contribution is 2.19. The van der Waals surface area contributed by atoms with Crippen LogP contribution in [-0.2, 0) is 24.3 Å². The van der Waals surface area contributed by atoms with Gasteiger partial charge in [-0.1, -0.05) is 6.08 Å². The number of carbonyl (C=O) groups is 2. The number of carboxylic acids is 1. The van der Waals surface area contributed by atoms with Gasteiger partial charge in [0.15, 0.2) is 0 Å². The second kappa shape index (κ2) is 8.99. The molecule has 1 aliphatic rings. The first-order chi connectivity index (χ1) is 10.8. The smallest absolute Gasteiger partial charge is 0.323 e. The van der Waals surface area contributed by atoms with E-state index in [1.807, 2.05) is 0 Å². The maximum atomic E-state index is 12.2. The van der Waals surface area contributed by atoms with Gasteiger partial charge in [0.25, 0.3) is 0 Å². The van der Waals surface area contributed by atoms with Crippen molar-refractivity contribution in [3.05, 3.63) is 12.7 Å². The van der Waals surface area contributed by atoms with Crippen LogP contribution in [0.4, 0.5) is 0 Å². The van der Waals surface area contributed by atoms with Crippen molar-refractivity contribution in [3.8, 4) is 0 Å². The molecule has 8 nitrogen and oxygen atoms in total. The molecule has 0 radical (unpaired) electrons. The molecule has 1 N–H and O–H groups in total. The SMILES string of the molecule is C=CCOCC(=O)N(CC(=O)O)C1CCN(S(=O)(=O)CC)CC1. The van der Waals surface area contributed by atoms with Crippen LogP contribution in [0.15, 0.2) is 12.7 Å². The number of piperidine rings is 1. The minimum absolute atomic E-state index is 0.0326. The quantitative estimate of drug-likeness (QED) is 0.461. The van der Waals surface area contributed by atoms with Crippen molar-refractivity contribution in [1.29, 1.82) is 0 Å². The van der Waals surface area contributed by atoms with Crippen molar-refractivity contribution in [3.63, 3.8) is 0 Å². The lowest BCUT2D eigenvalue weighted by Crippen LogP contribution is -2.51. The Morgan fingerprint density at radius 3 is 2.48 bits per heavy atom. The van der Waals surface area contributed by atoms with Crippen molar-refractivity contribution in [2.45, 2.75) is 25.8 Å². The molecule has 1 fully saturated rings. The molecular formula is C14H24N2O6S. The van der Waals surface area contributed by atoms with Crippen molar-refractivity contribution in [2.24, 2.45) is 0 Å². The van der Waals surface area contributed by atoms with E-state index >= 15 is 0 Å². The van der Waals surface area contributed by atoms with E-state index in [4.69, 9.17) is 9.84 Å². The van der Waals surface area contributed by atoms with Crippen molar-refractivity contribution < 1.29 is 27.9 Å². The van der Waals surface area contributed by atoms with E-state index < -0.39 is 28.4 Å². The normalized spacial score (nSPS) is 16.9. The summed E-state index contributed by atoms with van der Waals surface area (Å²) >= 11 is 0. The van der Waals surface area contributed by atoms with E-state index in [9.17, 15) is 18.0 Å². The fourth-order valence-corrected chi connectivity index (χ4v) is 3.63. The predicted octanol–water partition coefficient (Wildman–Crippen LogP) is -0.0837. The highest BCUT2D eigenvalue weighted by atomic mass is 32.2. The first-order valence-electron chi connectivity index (χ1n) is 7.49. The van der Waals surface area contributed by atoms with E-state index in [-0.39, 0.29) is 38.1 Å². The minimum Gasteiger partial charge on any atom is -0.480 e. The number of sulfonamides is 1. The fraction of sp³-hybridized carbons (Fsp3) is 0.714. The maximum Gasteiger partial charge on any atom is 0.323 e. The van der Waals surface area contributed by atoms with E-state index in [1.165, 1.54) is 15.3 Å². The van der Waals surface area contributed by atoms with Crippen LogP contribution in [0.25, 0.3) is 0 Å². The van der Waals surface area contributed by atoms with Gasteiger partial charge in [0.1, 0.15) is 13.2 Å². The first kappa shape index (κ1) is 19.6. The second-order valence-corrected chi connectivity index (χ2v) is 7.51. The summed E-state index contributed by atoms with van der Waals surface area (Å²) in [6.07, 6.45) is 2.34. The molecule has 0 bridgehead atoms. The Labute approximate surface area is 136 Å². The molecule has 1 saturated heterocycles. The fourth-order valence-electron chi connectivity index (χ4n) is 2.49. The van der Waals surface area contributed by atoms with Gasteiger partial charge in [-0.2, -0.15) is 0 Å². The molecule has 1 rings (SSSR count). The molecule has 0 saturated carbocycles. The van der Waals surface area contributed by atoms with Crippen LogP contribution >= 0.6 is 0 Å². The molecule has 0 aromatic heterocycles. The highest BCUT2D eigenvalue weighted by molar-refractivity contribution is 7.89. The number of hydrogen-bond donors (Lipinski definition) is 1. The van der Waals surface area contributed by atoms with E-state index in [1.54, 1.807) is 6.92 Å². The second-order valence-electron chi connectivity index (χ2n) is 5.25. The van der Waals surface area contributed by atoms with Gasteiger partial charge in [-0.25, -0.2) is 12.7 Å². The largest absolute Gasteiger partial charge is 0.480 e. The van der Waals surface area contributed by atoms with Crippen LogP contribution in [0.3, 0.4) is 0 Å². The van der Waals surface area contributed by atoms with Gasteiger partial charge in [-0.3, -0.25) is 9.59 Å². The summed E-state index contributed by atoms with van der Waals surface area (Å²) < 4.78 is 30.1. The number of nitrogens with zero attached hydrogens (tertiary/aromatic N) is 2. The van der Waals surface area contributed by atoms with Crippen LogP contribution in [0, 0.1) is 0 Å². The van der Waals surface area contributed by atoms with E-state index in [0.717, 1.165) is 0 Å². The molecule has 0 aromatic carbocycles. The van der Waals surface area contributed by atoms with Crippen LogP contribution in [0.1, 0.15) is 19.8 Å². The van der Waals surface area contributed by atoms with Crippen molar-refractivity contribution in [2.75, 3.05) is 38.6 Å². The number of hydrogen-bond acceptors (Lipinski definition) is 5. The molecule has 132 valence electrons. The van der Waals surface area contributed by atoms with Gasteiger partial charge in [0.2, 0.25) is 15.9 Å². The average Bonchev–Trinajstić information content (AvgIpc) is 2.52. The molecule has 1 amide bonds. The maximum absolute atomic E-state index is 12.2. The molecule has 1 aliphatic heterocycles. The Morgan fingerprint density at radius 1 is 1.39 bits per heavy atom. The topological polar surface area (TPSA) is 104 Å². The van der Waals surface area contributed by atoms with Gasteiger partial charge in [0.05, 0.1) is 12.4 Å². The molecule has 0 atom stereocenters. The van der Waals surface area contributed by atoms with Crippen LogP contribution < -0.4 is 0 Å². The Kier molecular flexibility index (Phi) is 7.66. The summed E-state index contributed by atoms with van der Waals surface area (Å²) in [5.41, 5.74) is 0. The predicted molar refractivity (Wildman–Crippen MR) is 84.4 cm³/mol. The number of carboxylic acid groups (broad SMARTS) is 1. The standard InChI is InChI=1S/C14H24N2O6S/c1-3-9-22-11-13(17)16(10-14(18)19)12-5-7-15(8-6-12)23(20,21)4-2/h3,12H,1,4-11H2,2H3,(H,18,19). The van der Waals surface area contributed by atoms with Gasteiger partial charge in [-0.05, 0) is 19.8 Å². The Bertz CT molecular complexity index is 525. The van der Waals surface area contributed by atoms with Crippen LogP contribution in [0.5, 0.6) is 0 Å². The summed E-state index contributed by atoms with van der Waals surface area (Å²) in [7, 11) is -3.25. The number of aliphatic carboxylic acids is 1. The van der Waals surface area contributed by atoms with E-state index in [2.05, 4.69) is 6.58 Å². The lowest BCUT2D eigenvalue weighted by Gasteiger charge is -2.37. The first-order valence-corrected chi connectivity index (χ1v) is 9.10. The Morgan fingerprint density at radius 2 is 2.00 bits per heavy atom. The molecule has 9 heteroatoms. The molecule has 0 aliphatic carbocycles. The summed E-state index contributed by atoms with van der Waals surface area (Å²) in [6.45, 7) is 5.21. The Hall–Kier alpha value is -1.45. The number of carbonyl (C=O) groups excluding carboxylic acids is 1. The monoisotopic (exact) mass is 348 g/mol. The summed E-state index contributed by atoms with van der Waals surface area (Å²) in [4.78, 5) is 24.4. The van der Waals surface area contributed by atoms with Gasteiger partial charge >= 0.3 is 5.97 Å². The third kappa shape index (κ3) is 5.92. The zero-order valence-electron chi connectivity index (χ0n) is 13.3. The molecule has 0 aromatic rings. The van der Waals surface area contributed by atoms with Crippen LogP contribution in [0.2, 0.25) is 0 Å². The summed E-state index contributed by atoms with van der Waals surface area (Å²) in [5, 5.41) is 9.00. The summed E-state index contributed by atoms with van der Waals surface area (Å²) in [6, 6.07) is -0.297. The Balaban J connectivity index is 2.68. The van der Waals surface area contributed by atoms with Gasteiger partial charge in [0, 0.05) is 19.1 Å². The molecular weight excluding hydrogens is 324 g/mol. The van der Waals surface area contributed by atoms with E-state index in [0.29, 0.717) is 12.8 Å². The highest BCUT2D eigenvalue weighted by Gasteiger charge is 2.32. The lowest BCUT2D eigenvalue weighted by molar-refractivity contribution is -0.149. The number of rotatable bonds is 9. The molecule has 0 unspecified atom stereocenters. The zero-order chi connectivity index (χ0) is 17.5. The molecule has 0 spiro atoms. The van der Waals surface area contributed by atoms with Crippen LogP contribution in [-0.4, -0.2) is 79.2 Å². The van der Waals surface area contributed by atoms with Crippen molar-refractivity contribution in [1.82, 2.24) is 9.21 Å². The molecule has 23 heavy (non-hydrogen) atoms. The summed E-state index contributed by atoms with van der Waals surface area (Å²) in [5.74, 6) is -1.48. The number of amides is 1. The average molecular weight is 348 g/mol. The third-order valence-corrected chi connectivity index (χ3v) is 5.59. The zero-order valence-corrected chi connectivity index (χ0v) is 14.1. The van der Waals surface area contributed by atoms with Gasteiger partial charge < -0.3 is 14.7 Å². The van der Waals surface area contributed by atoms with Gasteiger partial charge in [-0.15, -0.1) is 6.58 Å². The minimum atomic E-state index is -3.25. The third-order valence-electron chi connectivity index (χ3n) is 3.71. The van der Waals surface area contributed by atoms with Crippen molar-refractivity contribution >= 4 is 21.9 Å². The lowest BCUT2D eigenvalue weighted by atomic mass is 10.0.